The van der Waals surface area contributed by atoms with Crippen molar-refractivity contribution in [3.63, 3.8) is 0 Å². The van der Waals surface area contributed by atoms with E-state index in [2.05, 4.69) is 15.4 Å². The normalized spacial score (nSPS) is 10.8. The van der Waals surface area contributed by atoms with E-state index in [9.17, 15) is 4.79 Å². The second-order valence-corrected chi connectivity index (χ2v) is 5.48. The first-order chi connectivity index (χ1) is 12.3. The van der Waals surface area contributed by atoms with Gasteiger partial charge in [-0.1, -0.05) is 6.07 Å². The van der Waals surface area contributed by atoms with Crippen LogP contribution in [0.5, 0.6) is 0 Å². The molecule has 3 heterocycles. The molecule has 0 bridgehead atoms. The zero-order valence-corrected chi connectivity index (χ0v) is 14.0. The van der Waals surface area contributed by atoms with Gasteiger partial charge in [-0.25, -0.2) is 9.67 Å². The van der Waals surface area contributed by atoms with Crippen molar-refractivity contribution < 1.29 is 13.9 Å². The quantitative estimate of drug-likeness (QED) is 0.637. The number of hydrogen-bond acceptors (Lipinski definition) is 5. The number of furan rings is 1. The lowest BCUT2D eigenvalue weighted by atomic mass is 10.2. The summed E-state index contributed by atoms with van der Waals surface area (Å²) < 4.78 is 12.3. The molecule has 0 aliphatic carbocycles. The molecule has 0 atom stereocenters. The summed E-state index contributed by atoms with van der Waals surface area (Å²) in [7, 11) is 0. The molecule has 7 nitrogen and oxygen atoms in total. The first-order valence-corrected chi connectivity index (χ1v) is 8.10. The van der Waals surface area contributed by atoms with Gasteiger partial charge in [0.2, 0.25) is 0 Å². The van der Waals surface area contributed by atoms with E-state index in [1.54, 1.807) is 23.3 Å². The van der Waals surface area contributed by atoms with Gasteiger partial charge in [0.1, 0.15) is 12.4 Å². The fraction of sp³-hybridized carbons (Fsp3) is 0.278. The molecule has 3 rings (SSSR count). The van der Waals surface area contributed by atoms with Gasteiger partial charge >= 0.3 is 0 Å². The number of carbonyl (C=O) groups is 1. The zero-order valence-electron chi connectivity index (χ0n) is 14.0. The summed E-state index contributed by atoms with van der Waals surface area (Å²) in [6.45, 7) is 3.37. The highest BCUT2D eigenvalue weighted by atomic mass is 16.5. The molecule has 1 amide bonds. The summed E-state index contributed by atoms with van der Waals surface area (Å²) in [5.74, 6) is 1.33. The van der Waals surface area contributed by atoms with Crippen LogP contribution in [0, 0.1) is 6.92 Å². The van der Waals surface area contributed by atoms with E-state index in [0.29, 0.717) is 31.1 Å². The lowest BCUT2D eigenvalue weighted by Crippen LogP contribution is -2.25. The van der Waals surface area contributed by atoms with Gasteiger partial charge in [0.15, 0.2) is 5.82 Å². The van der Waals surface area contributed by atoms with Crippen LogP contribution >= 0.6 is 0 Å². The smallest absolute Gasteiger partial charge is 0.254 e. The van der Waals surface area contributed by atoms with Crippen LogP contribution in [-0.2, 0) is 11.3 Å². The van der Waals surface area contributed by atoms with Gasteiger partial charge in [0, 0.05) is 19.3 Å². The Bertz CT molecular complexity index is 797. The molecule has 0 aliphatic heterocycles. The minimum absolute atomic E-state index is 0.147. The van der Waals surface area contributed by atoms with Gasteiger partial charge in [-0.05, 0) is 37.6 Å². The molecular weight excluding hydrogens is 320 g/mol. The summed E-state index contributed by atoms with van der Waals surface area (Å²) in [5.41, 5.74) is 1.30. The fourth-order valence-corrected chi connectivity index (χ4v) is 2.38. The number of ether oxygens (including phenoxy) is 1. The molecule has 7 heteroatoms. The molecule has 25 heavy (non-hydrogen) atoms. The molecule has 0 saturated carbocycles. The van der Waals surface area contributed by atoms with Gasteiger partial charge < -0.3 is 14.5 Å². The van der Waals surface area contributed by atoms with Crippen molar-refractivity contribution in [1.82, 2.24) is 20.1 Å². The van der Waals surface area contributed by atoms with Crippen molar-refractivity contribution in [1.29, 1.82) is 0 Å². The number of nitrogens with one attached hydrogen (secondary N) is 1. The van der Waals surface area contributed by atoms with Crippen molar-refractivity contribution in [2.45, 2.75) is 20.0 Å². The topological polar surface area (TPSA) is 82.2 Å². The minimum atomic E-state index is -0.147. The van der Waals surface area contributed by atoms with Gasteiger partial charge in [-0.15, -0.1) is 0 Å². The second kappa shape index (κ2) is 8.25. The molecule has 0 saturated heterocycles. The van der Waals surface area contributed by atoms with E-state index in [0.717, 1.165) is 17.9 Å². The first kappa shape index (κ1) is 16.9. The Labute approximate surface area is 145 Å². The number of carbonyl (C=O) groups excluding carboxylic acids is 1. The van der Waals surface area contributed by atoms with E-state index in [1.807, 2.05) is 37.3 Å². The maximum Gasteiger partial charge on any atom is 0.254 e. The molecular formula is C18H20N4O3. The third-order valence-electron chi connectivity index (χ3n) is 3.70. The summed E-state index contributed by atoms with van der Waals surface area (Å²) in [5, 5.41) is 7.13. The molecule has 0 fully saturated rings. The van der Waals surface area contributed by atoms with Crippen molar-refractivity contribution in [3.05, 3.63) is 66.0 Å². The average Bonchev–Trinajstić information content (AvgIpc) is 3.28. The summed E-state index contributed by atoms with van der Waals surface area (Å²) in [4.78, 5) is 16.5. The van der Waals surface area contributed by atoms with Gasteiger partial charge in [-0.3, -0.25) is 4.79 Å². The molecule has 1 N–H and O–H groups in total. The third-order valence-corrected chi connectivity index (χ3v) is 3.70. The zero-order chi connectivity index (χ0) is 17.5. The van der Waals surface area contributed by atoms with Crippen LogP contribution in [0.25, 0.3) is 5.82 Å². The van der Waals surface area contributed by atoms with Crippen LogP contribution in [0.15, 0.2) is 53.4 Å². The first-order valence-electron chi connectivity index (χ1n) is 8.10. The fourth-order valence-electron chi connectivity index (χ4n) is 2.38. The number of hydrogen-bond donors (Lipinski definition) is 1. The number of amides is 1. The Kier molecular flexibility index (Phi) is 5.58. The van der Waals surface area contributed by atoms with Crippen molar-refractivity contribution in [2.75, 3.05) is 13.2 Å². The molecule has 0 radical (unpaired) electrons. The summed E-state index contributed by atoms with van der Waals surface area (Å²) in [6.07, 6.45) is 5.60. The maximum absolute atomic E-state index is 12.3. The molecule has 3 aromatic heterocycles. The highest BCUT2D eigenvalue weighted by molar-refractivity contribution is 5.95. The van der Waals surface area contributed by atoms with Gasteiger partial charge in [0.05, 0.1) is 23.7 Å². The number of pyridine rings is 1. The number of aromatic nitrogens is 3. The maximum atomic E-state index is 12.3. The lowest BCUT2D eigenvalue weighted by molar-refractivity contribution is 0.0916. The van der Waals surface area contributed by atoms with Crippen molar-refractivity contribution in [3.8, 4) is 5.82 Å². The van der Waals surface area contributed by atoms with Gasteiger partial charge in [-0.2, -0.15) is 5.10 Å². The summed E-state index contributed by atoms with van der Waals surface area (Å²) in [6, 6.07) is 9.25. The van der Waals surface area contributed by atoms with E-state index in [1.165, 1.54) is 0 Å². The second-order valence-electron chi connectivity index (χ2n) is 5.48. The molecule has 130 valence electrons. The van der Waals surface area contributed by atoms with Crippen molar-refractivity contribution in [2.24, 2.45) is 0 Å². The molecule has 3 aromatic rings. The Morgan fingerprint density at radius 2 is 2.24 bits per heavy atom. The Morgan fingerprint density at radius 1 is 1.32 bits per heavy atom. The average molecular weight is 340 g/mol. The largest absolute Gasteiger partial charge is 0.467 e. The predicted octanol–water partition coefficient (Wildman–Crippen LogP) is 2.51. The van der Waals surface area contributed by atoms with Crippen LogP contribution in [0.1, 0.15) is 28.2 Å². The van der Waals surface area contributed by atoms with E-state index < -0.39 is 0 Å². The van der Waals surface area contributed by atoms with Crippen LogP contribution in [0.3, 0.4) is 0 Å². The highest BCUT2D eigenvalue weighted by Crippen LogP contribution is 2.12. The van der Waals surface area contributed by atoms with Crippen LogP contribution in [0.2, 0.25) is 0 Å². The van der Waals surface area contributed by atoms with Gasteiger partial charge in [0.25, 0.3) is 5.91 Å². The Morgan fingerprint density at radius 3 is 3.00 bits per heavy atom. The lowest BCUT2D eigenvalue weighted by Gasteiger charge is -2.06. The standard InChI is InChI=1S/C18H20N4O3/c1-14-16(12-21-22(14)17-7-2-3-8-19-17)18(23)20-9-5-10-24-13-15-6-4-11-25-15/h2-4,6-8,11-12H,5,9-10,13H2,1H3,(H,20,23). The van der Waals surface area contributed by atoms with Crippen molar-refractivity contribution >= 4 is 5.91 Å². The monoisotopic (exact) mass is 340 g/mol. The van der Waals surface area contributed by atoms with Crippen LogP contribution < -0.4 is 5.32 Å². The van der Waals surface area contributed by atoms with Crippen LogP contribution in [0.4, 0.5) is 0 Å². The Hall–Kier alpha value is -2.93. The van der Waals surface area contributed by atoms with E-state index >= 15 is 0 Å². The third kappa shape index (κ3) is 4.33. The van der Waals surface area contributed by atoms with Crippen LogP contribution in [-0.4, -0.2) is 33.8 Å². The molecule has 0 aliphatic rings. The number of rotatable bonds is 8. The van der Waals surface area contributed by atoms with E-state index in [-0.39, 0.29) is 5.91 Å². The van der Waals surface area contributed by atoms with E-state index in [4.69, 9.17) is 9.15 Å². The highest BCUT2D eigenvalue weighted by Gasteiger charge is 2.15. The SMILES string of the molecule is Cc1c(C(=O)NCCCOCc2ccco2)cnn1-c1ccccn1. The Balaban J connectivity index is 1.45. The molecule has 0 unspecified atom stereocenters. The molecule has 0 aromatic carbocycles. The minimum Gasteiger partial charge on any atom is -0.467 e. The summed E-state index contributed by atoms with van der Waals surface area (Å²) >= 11 is 0. The predicted molar refractivity (Wildman–Crippen MR) is 91.4 cm³/mol. The molecule has 0 spiro atoms. The number of nitrogens with zero attached hydrogens (tertiary/aromatic N) is 3.